The highest BCUT2D eigenvalue weighted by Crippen LogP contribution is 2.32. The number of nitrogens with one attached hydrogen (secondary N) is 1. The molecule has 0 aliphatic carbocycles. The number of hydrogen-bond donors (Lipinski definition) is 1. The molecule has 0 aliphatic rings. The van der Waals surface area contributed by atoms with Crippen LogP contribution in [0.5, 0.6) is 0 Å². The zero-order valence-corrected chi connectivity index (χ0v) is 12.2. The van der Waals surface area contributed by atoms with E-state index >= 15 is 0 Å². The maximum absolute atomic E-state index is 13.4. The monoisotopic (exact) mass is 295 g/mol. The topological polar surface area (TPSA) is 12.0 Å². The van der Waals surface area contributed by atoms with Crippen molar-refractivity contribution in [2.45, 2.75) is 20.4 Å². The Hall–Kier alpha value is -1.45. The van der Waals surface area contributed by atoms with E-state index in [1.54, 1.807) is 0 Å². The summed E-state index contributed by atoms with van der Waals surface area (Å²) in [6, 6.07) is 8.03. The van der Waals surface area contributed by atoms with Crippen molar-refractivity contribution in [3.05, 3.63) is 58.1 Å². The lowest BCUT2D eigenvalue weighted by atomic mass is 9.98. The fourth-order valence-electron chi connectivity index (χ4n) is 2.14. The molecule has 0 saturated heterocycles. The lowest BCUT2D eigenvalue weighted by Crippen LogP contribution is -2.11. The van der Waals surface area contributed by atoms with E-state index in [1.165, 1.54) is 0 Å². The van der Waals surface area contributed by atoms with Gasteiger partial charge in [0.2, 0.25) is 0 Å². The third-order valence-corrected chi connectivity index (χ3v) is 3.48. The van der Waals surface area contributed by atoms with E-state index in [4.69, 9.17) is 11.6 Å². The molecule has 0 radical (unpaired) electrons. The second kappa shape index (κ2) is 6.33. The minimum Gasteiger partial charge on any atom is -0.313 e. The number of hydrogen-bond acceptors (Lipinski definition) is 1. The minimum atomic E-state index is -0.930. The van der Waals surface area contributed by atoms with Crippen molar-refractivity contribution in [1.82, 2.24) is 5.32 Å². The summed E-state index contributed by atoms with van der Waals surface area (Å²) in [5.74, 6) is -1.82. The van der Waals surface area contributed by atoms with E-state index in [-0.39, 0.29) is 5.02 Å². The average Bonchev–Trinajstić information content (AvgIpc) is 2.41. The van der Waals surface area contributed by atoms with Crippen LogP contribution in [0.3, 0.4) is 0 Å². The summed E-state index contributed by atoms with van der Waals surface area (Å²) in [6.45, 7) is 5.66. The Bertz CT molecular complexity index is 626. The molecule has 0 saturated carbocycles. The lowest BCUT2D eigenvalue weighted by molar-refractivity contribution is 0.509. The van der Waals surface area contributed by atoms with Crippen molar-refractivity contribution < 1.29 is 8.78 Å². The largest absolute Gasteiger partial charge is 0.313 e. The van der Waals surface area contributed by atoms with Gasteiger partial charge in [0.15, 0.2) is 11.6 Å². The molecule has 0 heterocycles. The van der Waals surface area contributed by atoms with Gasteiger partial charge in [0.25, 0.3) is 0 Å². The summed E-state index contributed by atoms with van der Waals surface area (Å²) in [5.41, 5.74) is 3.45. The summed E-state index contributed by atoms with van der Waals surface area (Å²) in [5, 5.41) is 3.46. The maximum atomic E-state index is 13.4. The average molecular weight is 296 g/mol. The smallest absolute Gasteiger partial charge is 0.160 e. The first-order valence-electron chi connectivity index (χ1n) is 6.48. The Morgan fingerprint density at radius 2 is 1.75 bits per heavy atom. The van der Waals surface area contributed by atoms with Crippen molar-refractivity contribution in [2.24, 2.45) is 0 Å². The first-order valence-corrected chi connectivity index (χ1v) is 6.86. The molecule has 2 rings (SSSR count). The molecule has 0 bridgehead atoms. The first kappa shape index (κ1) is 14.9. The van der Waals surface area contributed by atoms with Gasteiger partial charge >= 0.3 is 0 Å². The highest BCUT2D eigenvalue weighted by atomic mass is 35.5. The summed E-state index contributed by atoms with van der Waals surface area (Å²) in [4.78, 5) is 0. The number of benzene rings is 2. The molecular weight excluding hydrogens is 280 g/mol. The van der Waals surface area contributed by atoms with Gasteiger partial charge in [0.05, 0.1) is 5.02 Å². The van der Waals surface area contributed by atoms with Crippen LogP contribution in [0.15, 0.2) is 30.3 Å². The molecule has 106 valence electrons. The van der Waals surface area contributed by atoms with Gasteiger partial charge in [0.1, 0.15) is 0 Å². The third-order valence-electron chi connectivity index (χ3n) is 3.17. The van der Waals surface area contributed by atoms with E-state index < -0.39 is 11.6 Å². The molecule has 2 aromatic rings. The molecule has 0 aliphatic heterocycles. The van der Waals surface area contributed by atoms with Crippen LogP contribution in [0, 0.1) is 18.6 Å². The molecule has 0 fully saturated rings. The molecule has 0 atom stereocenters. The fourth-order valence-corrected chi connectivity index (χ4v) is 2.39. The van der Waals surface area contributed by atoms with Gasteiger partial charge in [-0.3, -0.25) is 0 Å². The SMILES string of the molecule is CCNCc1ccc(-c2cc(F)c(F)cc2Cl)c(C)c1. The van der Waals surface area contributed by atoms with Crippen LogP contribution >= 0.6 is 11.6 Å². The van der Waals surface area contributed by atoms with Gasteiger partial charge < -0.3 is 5.32 Å². The highest BCUT2D eigenvalue weighted by Gasteiger charge is 2.12. The summed E-state index contributed by atoms with van der Waals surface area (Å²) >= 11 is 6.01. The predicted molar refractivity (Wildman–Crippen MR) is 78.9 cm³/mol. The van der Waals surface area contributed by atoms with Crippen LogP contribution < -0.4 is 5.32 Å². The standard InChI is InChI=1S/C16H16ClF2N/c1-3-20-9-11-4-5-12(10(2)6-11)13-7-15(18)16(19)8-14(13)17/h4-8,20H,3,9H2,1-2H3. The molecule has 0 amide bonds. The minimum absolute atomic E-state index is 0.214. The van der Waals surface area contributed by atoms with Crippen molar-refractivity contribution >= 4 is 11.6 Å². The fraction of sp³-hybridized carbons (Fsp3) is 0.250. The van der Waals surface area contributed by atoms with Gasteiger partial charge in [-0.2, -0.15) is 0 Å². The number of halogens is 3. The van der Waals surface area contributed by atoms with E-state index in [0.29, 0.717) is 5.56 Å². The van der Waals surface area contributed by atoms with E-state index in [0.717, 1.165) is 41.9 Å². The van der Waals surface area contributed by atoms with Crippen LogP contribution in [0.1, 0.15) is 18.1 Å². The second-order valence-corrected chi connectivity index (χ2v) is 5.08. The second-order valence-electron chi connectivity index (χ2n) is 4.68. The molecule has 0 spiro atoms. The number of rotatable bonds is 4. The molecule has 4 heteroatoms. The van der Waals surface area contributed by atoms with Gasteiger partial charge in [0, 0.05) is 12.1 Å². The van der Waals surface area contributed by atoms with Gasteiger partial charge in [-0.25, -0.2) is 8.78 Å². The first-order chi connectivity index (χ1) is 9.52. The molecule has 20 heavy (non-hydrogen) atoms. The Kier molecular flexibility index (Phi) is 4.73. The van der Waals surface area contributed by atoms with Crippen molar-refractivity contribution in [3.63, 3.8) is 0 Å². The maximum Gasteiger partial charge on any atom is 0.160 e. The zero-order chi connectivity index (χ0) is 14.7. The zero-order valence-electron chi connectivity index (χ0n) is 11.4. The normalized spacial score (nSPS) is 10.8. The van der Waals surface area contributed by atoms with Crippen LogP contribution in [-0.4, -0.2) is 6.54 Å². The van der Waals surface area contributed by atoms with E-state index in [9.17, 15) is 8.78 Å². The predicted octanol–water partition coefficient (Wildman–Crippen LogP) is 4.70. The molecule has 1 nitrogen and oxygen atoms in total. The summed E-state index contributed by atoms with van der Waals surface area (Å²) in [6.07, 6.45) is 0. The van der Waals surface area contributed by atoms with E-state index in [1.807, 2.05) is 32.0 Å². The van der Waals surface area contributed by atoms with Crippen LogP contribution in [-0.2, 0) is 6.54 Å². The van der Waals surface area contributed by atoms with Gasteiger partial charge in [-0.15, -0.1) is 0 Å². The Morgan fingerprint density at radius 1 is 1.05 bits per heavy atom. The van der Waals surface area contributed by atoms with Crippen molar-refractivity contribution in [1.29, 1.82) is 0 Å². The van der Waals surface area contributed by atoms with E-state index in [2.05, 4.69) is 5.32 Å². The van der Waals surface area contributed by atoms with Crippen LogP contribution in [0.25, 0.3) is 11.1 Å². The molecular formula is C16H16ClF2N. The molecule has 2 aromatic carbocycles. The van der Waals surface area contributed by atoms with Crippen molar-refractivity contribution in [2.75, 3.05) is 6.54 Å². The van der Waals surface area contributed by atoms with Crippen LogP contribution in [0.2, 0.25) is 5.02 Å². The Morgan fingerprint density at radius 3 is 2.40 bits per heavy atom. The Balaban J connectivity index is 2.41. The van der Waals surface area contributed by atoms with Gasteiger partial charge in [-0.1, -0.05) is 36.7 Å². The summed E-state index contributed by atoms with van der Waals surface area (Å²) in [7, 11) is 0. The molecule has 0 aromatic heterocycles. The highest BCUT2D eigenvalue weighted by molar-refractivity contribution is 6.33. The molecule has 1 N–H and O–H groups in total. The Labute approximate surface area is 122 Å². The van der Waals surface area contributed by atoms with Crippen LogP contribution in [0.4, 0.5) is 8.78 Å². The third kappa shape index (κ3) is 3.17. The lowest BCUT2D eigenvalue weighted by Gasteiger charge is -2.11. The molecule has 0 unspecified atom stereocenters. The summed E-state index contributed by atoms with van der Waals surface area (Å²) < 4.78 is 26.5. The van der Waals surface area contributed by atoms with Crippen molar-refractivity contribution in [3.8, 4) is 11.1 Å². The number of aryl methyl sites for hydroxylation is 1. The van der Waals surface area contributed by atoms with Gasteiger partial charge in [-0.05, 0) is 42.3 Å². The quantitative estimate of drug-likeness (QED) is 0.806.